The first kappa shape index (κ1) is 10.8. The second kappa shape index (κ2) is 4.05. The van der Waals surface area contributed by atoms with Crippen molar-refractivity contribution in [2.45, 2.75) is 12.8 Å². The molecule has 1 amide bonds. The normalized spacial score (nSPS) is 17.2. The van der Waals surface area contributed by atoms with Crippen molar-refractivity contribution < 1.29 is 14.7 Å². The maximum absolute atomic E-state index is 11.9. The fraction of sp³-hybridized carbons (Fsp3) is 0.300. The van der Waals surface area contributed by atoms with Crippen molar-refractivity contribution in [3.05, 3.63) is 23.7 Å². The van der Waals surface area contributed by atoms with Gasteiger partial charge in [0.1, 0.15) is 0 Å². The third-order valence-corrected chi connectivity index (χ3v) is 3.28. The highest BCUT2D eigenvalue weighted by Gasteiger charge is 2.46. The van der Waals surface area contributed by atoms with Gasteiger partial charge in [-0.15, -0.1) is 11.3 Å². The summed E-state index contributed by atoms with van der Waals surface area (Å²) >= 11 is 1.26. The summed E-state index contributed by atoms with van der Waals surface area (Å²) in [5.41, 5.74) is -1.36. The molecule has 0 atom stereocenters. The second-order valence-corrected chi connectivity index (χ2v) is 4.45. The minimum atomic E-state index is -1.36. The number of amides is 1. The molecule has 5 nitrogen and oxygen atoms in total. The number of carboxylic acid groups (broad SMARTS) is 1. The van der Waals surface area contributed by atoms with Crippen molar-refractivity contribution in [2.24, 2.45) is 5.41 Å². The van der Waals surface area contributed by atoms with Gasteiger partial charge in [0.05, 0.1) is 0 Å². The Morgan fingerprint density at radius 1 is 1.44 bits per heavy atom. The quantitative estimate of drug-likeness (QED) is 0.618. The molecule has 1 aromatic rings. The number of carboxylic acids is 1. The summed E-state index contributed by atoms with van der Waals surface area (Å²) in [4.78, 5) is 27.0. The van der Waals surface area contributed by atoms with Gasteiger partial charge in [0.15, 0.2) is 10.5 Å². The van der Waals surface area contributed by atoms with Gasteiger partial charge >= 0.3 is 5.97 Å². The van der Waals surface area contributed by atoms with E-state index in [1.54, 1.807) is 23.7 Å². The van der Waals surface area contributed by atoms with E-state index in [2.05, 4.69) is 10.3 Å². The molecule has 1 heterocycles. The fourth-order valence-corrected chi connectivity index (χ4v) is 2.14. The third kappa shape index (κ3) is 1.71. The molecule has 16 heavy (non-hydrogen) atoms. The summed E-state index contributed by atoms with van der Waals surface area (Å²) in [6.45, 7) is 0. The number of anilines is 1. The van der Waals surface area contributed by atoms with Gasteiger partial charge in [-0.1, -0.05) is 12.2 Å². The van der Waals surface area contributed by atoms with Gasteiger partial charge in [0, 0.05) is 11.6 Å². The Labute approximate surface area is 95.8 Å². The van der Waals surface area contributed by atoms with E-state index in [0.29, 0.717) is 5.13 Å². The van der Waals surface area contributed by atoms with E-state index in [9.17, 15) is 9.59 Å². The summed E-state index contributed by atoms with van der Waals surface area (Å²) in [7, 11) is 0. The molecule has 0 aliphatic heterocycles. The van der Waals surface area contributed by atoms with Crippen LogP contribution < -0.4 is 5.32 Å². The zero-order valence-corrected chi connectivity index (χ0v) is 9.16. The Hall–Kier alpha value is -1.69. The number of carbonyl (C=O) groups is 2. The lowest BCUT2D eigenvalue weighted by atomic mass is 9.84. The molecule has 84 valence electrons. The molecule has 0 bridgehead atoms. The molecule has 0 saturated heterocycles. The number of hydrogen-bond acceptors (Lipinski definition) is 4. The van der Waals surface area contributed by atoms with Crippen LogP contribution in [0.15, 0.2) is 23.7 Å². The average Bonchev–Trinajstić information content (AvgIpc) is 2.87. The Morgan fingerprint density at radius 2 is 2.12 bits per heavy atom. The predicted octanol–water partition coefficient (Wildman–Crippen LogP) is 1.50. The lowest BCUT2D eigenvalue weighted by molar-refractivity contribution is -0.153. The largest absolute Gasteiger partial charge is 0.480 e. The molecule has 0 saturated carbocycles. The van der Waals surface area contributed by atoms with Crippen LogP contribution in [0.1, 0.15) is 12.8 Å². The van der Waals surface area contributed by atoms with E-state index in [0.717, 1.165) is 0 Å². The Kier molecular flexibility index (Phi) is 2.74. The molecule has 0 radical (unpaired) electrons. The number of allylic oxidation sites excluding steroid dienone is 2. The van der Waals surface area contributed by atoms with Crippen molar-refractivity contribution in [3.8, 4) is 0 Å². The second-order valence-electron chi connectivity index (χ2n) is 3.56. The average molecular weight is 238 g/mol. The zero-order valence-electron chi connectivity index (χ0n) is 8.34. The first-order chi connectivity index (χ1) is 7.65. The number of nitrogens with one attached hydrogen (secondary N) is 1. The standard InChI is InChI=1S/C10H10N2O3S/c13-7(12-9-11-5-6-16-9)10(8(14)15)3-1-2-4-10/h1-2,5-6H,3-4H2,(H,14,15)(H,11,12,13). The minimum Gasteiger partial charge on any atom is -0.480 e. The van der Waals surface area contributed by atoms with Crippen molar-refractivity contribution in [2.75, 3.05) is 5.32 Å². The lowest BCUT2D eigenvalue weighted by Crippen LogP contribution is -2.41. The van der Waals surface area contributed by atoms with Crippen molar-refractivity contribution in [1.29, 1.82) is 0 Å². The Morgan fingerprint density at radius 3 is 2.62 bits per heavy atom. The van der Waals surface area contributed by atoms with Crippen molar-refractivity contribution in [3.63, 3.8) is 0 Å². The van der Waals surface area contributed by atoms with E-state index >= 15 is 0 Å². The SMILES string of the molecule is O=C(O)C1(C(=O)Nc2nccs2)CC=CC1. The number of thiazole rings is 1. The highest BCUT2D eigenvalue weighted by molar-refractivity contribution is 7.13. The van der Waals surface area contributed by atoms with E-state index in [1.165, 1.54) is 11.3 Å². The molecule has 1 aliphatic rings. The third-order valence-electron chi connectivity index (χ3n) is 2.60. The van der Waals surface area contributed by atoms with E-state index in [4.69, 9.17) is 5.11 Å². The number of aliphatic carboxylic acids is 1. The van der Waals surface area contributed by atoms with Crippen molar-refractivity contribution in [1.82, 2.24) is 4.98 Å². The minimum absolute atomic E-state index is 0.236. The Balaban J connectivity index is 2.16. The summed E-state index contributed by atoms with van der Waals surface area (Å²) in [5, 5.41) is 13.8. The maximum atomic E-state index is 11.9. The number of carbonyl (C=O) groups excluding carboxylic acids is 1. The first-order valence-corrected chi connectivity index (χ1v) is 5.62. The molecule has 0 unspecified atom stereocenters. The monoisotopic (exact) mass is 238 g/mol. The molecule has 6 heteroatoms. The molecule has 2 N–H and O–H groups in total. The lowest BCUT2D eigenvalue weighted by Gasteiger charge is -2.21. The number of rotatable bonds is 3. The number of aromatic nitrogens is 1. The van der Waals surface area contributed by atoms with Gasteiger partial charge in [-0.3, -0.25) is 9.59 Å². The van der Waals surface area contributed by atoms with Crippen LogP contribution in [0.25, 0.3) is 0 Å². The van der Waals surface area contributed by atoms with Gasteiger partial charge in [-0.25, -0.2) is 4.98 Å². The van der Waals surface area contributed by atoms with Crippen LogP contribution in [0.5, 0.6) is 0 Å². The molecule has 0 aromatic carbocycles. The molecule has 1 aliphatic carbocycles. The molecule has 2 rings (SSSR count). The smallest absolute Gasteiger partial charge is 0.319 e. The molecule has 0 fully saturated rings. The van der Waals surface area contributed by atoms with Gasteiger partial charge < -0.3 is 10.4 Å². The fourth-order valence-electron chi connectivity index (χ4n) is 1.61. The van der Waals surface area contributed by atoms with Crippen LogP contribution in [0.3, 0.4) is 0 Å². The van der Waals surface area contributed by atoms with Gasteiger partial charge in [0.2, 0.25) is 5.91 Å². The Bertz CT molecular complexity index is 431. The van der Waals surface area contributed by atoms with Crippen molar-refractivity contribution >= 4 is 28.3 Å². The van der Waals surface area contributed by atoms with E-state index < -0.39 is 17.3 Å². The maximum Gasteiger partial charge on any atom is 0.319 e. The van der Waals surface area contributed by atoms with E-state index in [1.807, 2.05) is 0 Å². The molecule has 1 aromatic heterocycles. The van der Waals surface area contributed by atoms with Crippen LogP contribution in [-0.2, 0) is 9.59 Å². The number of nitrogens with zero attached hydrogens (tertiary/aromatic N) is 1. The first-order valence-electron chi connectivity index (χ1n) is 4.74. The van der Waals surface area contributed by atoms with Gasteiger partial charge in [0.25, 0.3) is 0 Å². The summed E-state index contributed by atoms with van der Waals surface area (Å²) in [5.74, 6) is -1.59. The molecular weight excluding hydrogens is 228 g/mol. The van der Waals surface area contributed by atoms with Gasteiger partial charge in [-0.05, 0) is 12.8 Å². The van der Waals surface area contributed by atoms with E-state index in [-0.39, 0.29) is 12.8 Å². The summed E-state index contributed by atoms with van der Waals surface area (Å²) < 4.78 is 0. The zero-order chi connectivity index (χ0) is 11.6. The van der Waals surface area contributed by atoms with Gasteiger partial charge in [-0.2, -0.15) is 0 Å². The highest BCUT2D eigenvalue weighted by Crippen LogP contribution is 2.35. The summed E-state index contributed by atoms with van der Waals surface area (Å²) in [6, 6.07) is 0. The van der Waals surface area contributed by atoms with Crippen LogP contribution >= 0.6 is 11.3 Å². The van der Waals surface area contributed by atoms with Crippen LogP contribution in [-0.4, -0.2) is 22.0 Å². The topological polar surface area (TPSA) is 79.3 Å². The van der Waals surface area contributed by atoms with Crippen LogP contribution in [0, 0.1) is 5.41 Å². The predicted molar refractivity (Wildman–Crippen MR) is 59.2 cm³/mol. The van der Waals surface area contributed by atoms with Crippen LogP contribution in [0.2, 0.25) is 0 Å². The molecular formula is C10H10N2O3S. The summed E-state index contributed by atoms with van der Waals surface area (Å²) in [6.07, 6.45) is 5.46. The number of hydrogen-bond donors (Lipinski definition) is 2. The molecule has 0 spiro atoms. The highest BCUT2D eigenvalue weighted by atomic mass is 32.1. The van der Waals surface area contributed by atoms with Crippen LogP contribution in [0.4, 0.5) is 5.13 Å².